The van der Waals surface area contributed by atoms with Gasteiger partial charge in [-0.25, -0.2) is 0 Å². The molecule has 0 bridgehead atoms. The second kappa shape index (κ2) is 7.04. The van der Waals surface area contributed by atoms with Crippen molar-refractivity contribution >= 4 is 5.97 Å². The Kier molecular flexibility index (Phi) is 5.15. The van der Waals surface area contributed by atoms with Crippen molar-refractivity contribution in [3.8, 4) is 0 Å². The van der Waals surface area contributed by atoms with E-state index in [-0.39, 0.29) is 6.10 Å². The van der Waals surface area contributed by atoms with Gasteiger partial charge >= 0.3 is 5.97 Å². The smallest absolute Gasteiger partial charge is 0.303 e. The van der Waals surface area contributed by atoms with Crippen molar-refractivity contribution in [2.24, 2.45) is 46.3 Å². The Labute approximate surface area is 165 Å². The lowest BCUT2D eigenvalue weighted by Gasteiger charge is -2.61. The lowest BCUT2D eigenvalue weighted by atomic mass is 9.44. The van der Waals surface area contributed by atoms with Crippen molar-refractivity contribution in [2.75, 3.05) is 0 Å². The zero-order valence-electron chi connectivity index (χ0n) is 17.6. The molecule has 9 atom stereocenters. The number of aliphatic carboxylic acids is 1. The van der Waals surface area contributed by atoms with E-state index in [4.69, 9.17) is 5.11 Å². The predicted octanol–water partition coefficient (Wildman–Crippen LogP) is 5.51. The largest absolute Gasteiger partial charge is 0.481 e. The molecule has 3 heteroatoms. The zero-order chi connectivity index (χ0) is 19.4. The standard InChI is InChI=1S/C24H40O3/c1-15(4-9-22(26)27)19-7-8-20-18-6-5-16-14-17(25)10-12-23(16,2)21(18)11-13-24(19,20)3/h15-21,25H,4-14H2,1-3H3,(H,26,27)/t15-,16-,17+,18+,19-,20?,21+,23+,24-/m1/s1. The fraction of sp³-hybridized carbons (Fsp3) is 0.958. The van der Waals surface area contributed by atoms with E-state index >= 15 is 0 Å². The van der Waals surface area contributed by atoms with Crippen LogP contribution >= 0.6 is 0 Å². The van der Waals surface area contributed by atoms with Crippen molar-refractivity contribution in [1.82, 2.24) is 0 Å². The van der Waals surface area contributed by atoms with Gasteiger partial charge in [-0.15, -0.1) is 0 Å². The first kappa shape index (κ1) is 19.7. The van der Waals surface area contributed by atoms with E-state index in [1.165, 1.54) is 44.9 Å². The number of aliphatic hydroxyl groups is 1. The van der Waals surface area contributed by atoms with E-state index in [1.54, 1.807) is 0 Å². The molecule has 0 amide bonds. The number of rotatable bonds is 4. The summed E-state index contributed by atoms with van der Waals surface area (Å²) in [5.41, 5.74) is 0.882. The Morgan fingerprint density at radius 1 is 1.00 bits per heavy atom. The molecule has 0 aliphatic heterocycles. The first-order valence-electron chi connectivity index (χ1n) is 11.7. The molecule has 1 unspecified atom stereocenters. The topological polar surface area (TPSA) is 57.5 Å². The molecule has 0 aromatic carbocycles. The van der Waals surface area contributed by atoms with Crippen LogP contribution in [0.15, 0.2) is 0 Å². The summed E-state index contributed by atoms with van der Waals surface area (Å²) in [5, 5.41) is 19.3. The summed E-state index contributed by atoms with van der Waals surface area (Å²) in [6.07, 6.45) is 12.4. The third kappa shape index (κ3) is 3.16. The van der Waals surface area contributed by atoms with Crippen LogP contribution in [0.5, 0.6) is 0 Å². The fourth-order valence-electron chi connectivity index (χ4n) is 8.76. The van der Waals surface area contributed by atoms with Gasteiger partial charge < -0.3 is 10.2 Å². The first-order chi connectivity index (χ1) is 12.8. The molecule has 2 N–H and O–H groups in total. The van der Waals surface area contributed by atoms with Crippen molar-refractivity contribution in [2.45, 2.75) is 97.5 Å². The molecule has 4 rings (SSSR count). The maximum absolute atomic E-state index is 11.0. The second-order valence-electron chi connectivity index (χ2n) is 11.2. The zero-order valence-corrected chi connectivity index (χ0v) is 17.6. The molecule has 4 fully saturated rings. The summed E-state index contributed by atoms with van der Waals surface area (Å²) in [4.78, 5) is 11.0. The molecule has 4 aliphatic rings. The molecule has 27 heavy (non-hydrogen) atoms. The molecule has 4 aliphatic carbocycles. The van der Waals surface area contributed by atoms with E-state index in [2.05, 4.69) is 20.8 Å². The van der Waals surface area contributed by atoms with Crippen molar-refractivity contribution in [3.63, 3.8) is 0 Å². The van der Waals surface area contributed by atoms with Gasteiger partial charge in [0.15, 0.2) is 0 Å². The average Bonchev–Trinajstić information content (AvgIpc) is 2.97. The van der Waals surface area contributed by atoms with Gasteiger partial charge in [-0.1, -0.05) is 20.8 Å². The quantitative estimate of drug-likeness (QED) is 0.680. The Hall–Kier alpha value is -0.570. The van der Waals surface area contributed by atoms with Crippen LogP contribution in [0.2, 0.25) is 0 Å². The minimum atomic E-state index is -0.643. The Bertz CT molecular complexity index is 574. The van der Waals surface area contributed by atoms with E-state index in [0.717, 1.165) is 42.9 Å². The lowest BCUT2D eigenvalue weighted by Crippen LogP contribution is -2.54. The van der Waals surface area contributed by atoms with E-state index < -0.39 is 5.97 Å². The van der Waals surface area contributed by atoms with Crippen LogP contribution in [-0.4, -0.2) is 22.3 Å². The normalized spacial score (nSPS) is 50.4. The van der Waals surface area contributed by atoms with Gasteiger partial charge in [-0.2, -0.15) is 0 Å². The summed E-state index contributed by atoms with van der Waals surface area (Å²) in [5.74, 6) is 3.91. The number of aliphatic hydroxyl groups excluding tert-OH is 1. The maximum Gasteiger partial charge on any atom is 0.303 e. The molecular formula is C24H40O3. The van der Waals surface area contributed by atoms with Crippen molar-refractivity contribution < 1.29 is 15.0 Å². The molecule has 4 saturated carbocycles. The molecule has 3 nitrogen and oxygen atoms in total. The monoisotopic (exact) mass is 376 g/mol. The van der Waals surface area contributed by atoms with Gasteiger partial charge in [0.2, 0.25) is 0 Å². The van der Waals surface area contributed by atoms with Gasteiger partial charge in [0.25, 0.3) is 0 Å². The van der Waals surface area contributed by atoms with E-state index in [1.807, 2.05) is 0 Å². The molecule has 0 heterocycles. The molecule has 0 spiro atoms. The number of hydrogen-bond donors (Lipinski definition) is 2. The molecule has 154 valence electrons. The Morgan fingerprint density at radius 2 is 1.70 bits per heavy atom. The van der Waals surface area contributed by atoms with E-state index in [9.17, 15) is 9.90 Å². The highest BCUT2D eigenvalue weighted by Gasteiger charge is 2.60. The summed E-state index contributed by atoms with van der Waals surface area (Å²) in [6.45, 7) is 7.43. The van der Waals surface area contributed by atoms with Crippen molar-refractivity contribution in [1.29, 1.82) is 0 Å². The highest BCUT2D eigenvalue weighted by molar-refractivity contribution is 5.66. The average molecular weight is 377 g/mol. The summed E-state index contributed by atoms with van der Waals surface area (Å²) < 4.78 is 0. The number of carboxylic acids is 1. The minimum absolute atomic E-state index is 0.0561. The van der Waals surface area contributed by atoms with Crippen LogP contribution in [0.1, 0.15) is 91.4 Å². The van der Waals surface area contributed by atoms with Crippen LogP contribution in [0.3, 0.4) is 0 Å². The van der Waals surface area contributed by atoms with Crippen LogP contribution in [0, 0.1) is 46.3 Å². The Morgan fingerprint density at radius 3 is 2.44 bits per heavy atom. The summed E-state index contributed by atoms with van der Waals surface area (Å²) in [6, 6.07) is 0. The van der Waals surface area contributed by atoms with Gasteiger partial charge in [0.1, 0.15) is 0 Å². The minimum Gasteiger partial charge on any atom is -0.481 e. The number of carbonyl (C=O) groups is 1. The number of carboxylic acid groups (broad SMARTS) is 1. The molecule has 0 aromatic heterocycles. The molecule has 0 saturated heterocycles. The molecule has 0 aromatic rings. The SMILES string of the molecule is C[C@H](CCC(=O)O)[C@H]1CCC2[C@@H]3CC[C@@H]4C[C@@H](O)CC[C@]4(C)[C@H]3CC[C@@]21C. The van der Waals surface area contributed by atoms with Crippen LogP contribution in [-0.2, 0) is 4.79 Å². The highest BCUT2D eigenvalue weighted by atomic mass is 16.4. The third-order valence-electron chi connectivity index (χ3n) is 10.2. The third-order valence-corrected chi connectivity index (χ3v) is 10.2. The first-order valence-corrected chi connectivity index (χ1v) is 11.7. The van der Waals surface area contributed by atoms with Crippen LogP contribution < -0.4 is 0 Å². The summed E-state index contributed by atoms with van der Waals surface area (Å²) >= 11 is 0. The molecule has 0 radical (unpaired) electrons. The van der Waals surface area contributed by atoms with Gasteiger partial charge in [0, 0.05) is 6.42 Å². The van der Waals surface area contributed by atoms with Gasteiger partial charge in [-0.3, -0.25) is 4.79 Å². The lowest BCUT2D eigenvalue weighted by molar-refractivity contribution is -0.138. The second-order valence-corrected chi connectivity index (χ2v) is 11.2. The molecular weight excluding hydrogens is 336 g/mol. The van der Waals surface area contributed by atoms with E-state index in [0.29, 0.717) is 29.1 Å². The van der Waals surface area contributed by atoms with Gasteiger partial charge in [-0.05, 0) is 111 Å². The van der Waals surface area contributed by atoms with Gasteiger partial charge in [0.05, 0.1) is 6.10 Å². The summed E-state index contributed by atoms with van der Waals surface area (Å²) in [7, 11) is 0. The fourth-order valence-corrected chi connectivity index (χ4v) is 8.76. The Balaban J connectivity index is 1.51. The highest BCUT2D eigenvalue weighted by Crippen LogP contribution is 2.68. The maximum atomic E-state index is 11.0. The van der Waals surface area contributed by atoms with Crippen LogP contribution in [0.25, 0.3) is 0 Å². The number of hydrogen-bond acceptors (Lipinski definition) is 2. The predicted molar refractivity (Wildman–Crippen MR) is 107 cm³/mol. The number of fused-ring (bicyclic) bond motifs is 5. The van der Waals surface area contributed by atoms with Crippen LogP contribution in [0.4, 0.5) is 0 Å². The van der Waals surface area contributed by atoms with Crippen molar-refractivity contribution in [3.05, 3.63) is 0 Å².